The van der Waals surface area contributed by atoms with Gasteiger partial charge in [0.05, 0.1) is 0 Å². The molecule has 0 spiro atoms. The summed E-state index contributed by atoms with van der Waals surface area (Å²) < 4.78 is 0. The maximum Gasteiger partial charge on any atom is 0.0161 e. The van der Waals surface area contributed by atoms with Gasteiger partial charge in [0.2, 0.25) is 0 Å². The number of nitrogens with one attached hydrogen (secondary N) is 1. The van der Waals surface area contributed by atoms with E-state index in [1.54, 1.807) is 10.4 Å². The summed E-state index contributed by atoms with van der Waals surface area (Å²) in [6, 6.07) is 3.12. The lowest BCUT2D eigenvalue weighted by molar-refractivity contribution is 0.306. The van der Waals surface area contributed by atoms with Crippen LogP contribution in [0, 0.1) is 5.92 Å². The van der Waals surface area contributed by atoms with E-state index in [4.69, 9.17) is 0 Å². The van der Waals surface area contributed by atoms with E-state index in [-0.39, 0.29) is 0 Å². The van der Waals surface area contributed by atoms with Crippen molar-refractivity contribution in [2.75, 3.05) is 7.05 Å². The maximum absolute atomic E-state index is 3.65. The summed E-state index contributed by atoms with van der Waals surface area (Å²) in [5.74, 6) is 1.72. The molecule has 1 heterocycles. The molecule has 1 nitrogen and oxygen atoms in total. The molecule has 3 rings (SSSR count). The molecule has 0 aliphatic heterocycles. The van der Waals surface area contributed by atoms with Gasteiger partial charge >= 0.3 is 0 Å². The molecule has 0 aromatic carbocycles. The highest BCUT2D eigenvalue weighted by Crippen LogP contribution is 2.42. The molecule has 0 amide bonds. The quantitative estimate of drug-likeness (QED) is 0.855. The number of hydrogen-bond donors (Lipinski definition) is 1. The highest BCUT2D eigenvalue weighted by Gasteiger charge is 2.33. The van der Waals surface area contributed by atoms with Gasteiger partial charge in [-0.15, -0.1) is 11.3 Å². The molecule has 1 N–H and O–H groups in total. The van der Waals surface area contributed by atoms with Crippen LogP contribution < -0.4 is 5.32 Å². The molecule has 17 heavy (non-hydrogen) atoms. The summed E-state index contributed by atoms with van der Waals surface area (Å²) in [5.41, 5.74) is 1.67. The molecule has 1 saturated carbocycles. The van der Waals surface area contributed by atoms with Crippen LogP contribution in [0.25, 0.3) is 0 Å². The first-order valence-corrected chi connectivity index (χ1v) is 8.01. The summed E-state index contributed by atoms with van der Waals surface area (Å²) in [5, 5.41) is 5.95. The van der Waals surface area contributed by atoms with E-state index in [0.717, 1.165) is 17.9 Å². The highest BCUT2D eigenvalue weighted by atomic mass is 32.1. The Labute approximate surface area is 109 Å². The van der Waals surface area contributed by atoms with Gasteiger partial charge in [0.25, 0.3) is 0 Å². The lowest BCUT2D eigenvalue weighted by Crippen LogP contribution is -2.39. The SMILES string of the molecule is CNC(C1CCCC1)C1CCCc2sccc21. The van der Waals surface area contributed by atoms with E-state index in [2.05, 4.69) is 23.8 Å². The predicted octanol–water partition coefficient (Wildman–Crippen LogP) is 3.95. The predicted molar refractivity (Wildman–Crippen MR) is 74.8 cm³/mol. The number of thiophene rings is 1. The van der Waals surface area contributed by atoms with Crippen LogP contribution >= 0.6 is 11.3 Å². The number of hydrogen-bond acceptors (Lipinski definition) is 2. The molecule has 1 fully saturated rings. The topological polar surface area (TPSA) is 12.0 Å². The largest absolute Gasteiger partial charge is 0.316 e. The fraction of sp³-hybridized carbons (Fsp3) is 0.733. The smallest absolute Gasteiger partial charge is 0.0161 e. The second kappa shape index (κ2) is 5.11. The van der Waals surface area contributed by atoms with E-state index < -0.39 is 0 Å². The monoisotopic (exact) mass is 249 g/mol. The average Bonchev–Trinajstić information content (AvgIpc) is 3.00. The summed E-state index contributed by atoms with van der Waals surface area (Å²) in [4.78, 5) is 1.67. The lowest BCUT2D eigenvalue weighted by atomic mass is 9.77. The minimum atomic E-state index is 0.728. The first-order chi connectivity index (χ1) is 8.40. The molecule has 2 unspecified atom stereocenters. The van der Waals surface area contributed by atoms with Crippen molar-refractivity contribution in [3.8, 4) is 0 Å². The van der Waals surface area contributed by atoms with E-state index in [1.807, 2.05) is 11.3 Å². The second-order valence-corrected chi connectivity index (χ2v) is 6.66. The van der Waals surface area contributed by atoms with Gasteiger partial charge < -0.3 is 5.32 Å². The van der Waals surface area contributed by atoms with Crippen molar-refractivity contribution in [1.29, 1.82) is 0 Å². The normalized spacial score (nSPS) is 27.0. The van der Waals surface area contributed by atoms with E-state index >= 15 is 0 Å². The minimum absolute atomic E-state index is 0.728. The zero-order chi connectivity index (χ0) is 11.7. The molecule has 2 heteroatoms. The van der Waals surface area contributed by atoms with Crippen molar-refractivity contribution in [3.63, 3.8) is 0 Å². The van der Waals surface area contributed by atoms with Crippen molar-refractivity contribution in [2.24, 2.45) is 5.92 Å². The Morgan fingerprint density at radius 3 is 2.82 bits per heavy atom. The Balaban J connectivity index is 1.83. The summed E-state index contributed by atoms with van der Waals surface area (Å²) in [6.45, 7) is 0. The molecule has 2 aliphatic rings. The Morgan fingerprint density at radius 1 is 1.24 bits per heavy atom. The Hall–Kier alpha value is -0.340. The van der Waals surface area contributed by atoms with Crippen LogP contribution in [-0.4, -0.2) is 13.1 Å². The Bertz CT molecular complexity index is 365. The maximum atomic E-state index is 3.65. The molecule has 2 aliphatic carbocycles. The van der Waals surface area contributed by atoms with Crippen LogP contribution in [0.5, 0.6) is 0 Å². The van der Waals surface area contributed by atoms with Crippen molar-refractivity contribution >= 4 is 11.3 Å². The molecular weight excluding hydrogens is 226 g/mol. The number of likely N-dealkylation sites (N-methyl/N-ethyl adjacent to an activating group) is 1. The number of fused-ring (bicyclic) bond motifs is 1. The average molecular weight is 249 g/mol. The van der Waals surface area contributed by atoms with Crippen LogP contribution in [-0.2, 0) is 6.42 Å². The van der Waals surface area contributed by atoms with Crippen LogP contribution in [0.3, 0.4) is 0 Å². The lowest BCUT2D eigenvalue weighted by Gasteiger charge is -2.34. The van der Waals surface area contributed by atoms with Gasteiger partial charge in [0.15, 0.2) is 0 Å². The van der Waals surface area contributed by atoms with Gasteiger partial charge in [-0.2, -0.15) is 0 Å². The van der Waals surface area contributed by atoms with Gasteiger partial charge in [0, 0.05) is 16.8 Å². The van der Waals surface area contributed by atoms with Crippen LogP contribution in [0.15, 0.2) is 11.4 Å². The standard InChI is InChI=1S/C15H23NS/c1-16-15(11-5-2-3-6-11)13-7-4-8-14-12(13)9-10-17-14/h9-11,13,15-16H,2-8H2,1H3. The number of aryl methyl sites for hydroxylation is 1. The Morgan fingerprint density at radius 2 is 2.06 bits per heavy atom. The zero-order valence-corrected chi connectivity index (χ0v) is 11.6. The summed E-state index contributed by atoms with van der Waals surface area (Å²) >= 11 is 1.97. The van der Waals surface area contributed by atoms with Gasteiger partial charge in [-0.3, -0.25) is 0 Å². The van der Waals surface area contributed by atoms with Crippen LogP contribution in [0.2, 0.25) is 0 Å². The fourth-order valence-electron chi connectivity index (χ4n) is 3.98. The van der Waals surface area contributed by atoms with Crippen LogP contribution in [0.4, 0.5) is 0 Å². The number of rotatable bonds is 3. The van der Waals surface area contributed by atoms with Gasteiger partial charge in [-0.1, -0.05) is 12.8 Å². The third kappa shape index (κ3) is 2.17. The van der Waals surface area contributed by atoms with Crippen molar-refractivity contribution in [2.45, 2.75) is 56.9 Å². The molecule has 1 aromatic heterocycles. The Kier molecular flexibility index (Phi) is 3.53. The summed E-state index contributed by atoms with van der Waals surface area (Å²) in [6.07, 6.45) is 9.90. The third-order valence-electron chi connectivity index (χ3n) is 4.77. The summed E-state index contributed by atoms with van der Waals surface area (Å²) in [7, 11) is 2.17. The second-order valence-electron chi connectivity index (χ2n) is 5.66. The third-order valence-corrected chi connectivity index (χ3v) is 5.77. The van der Waals surface area contributed by atoms with Crippen LogP contribution in [0.1, 0.15) is 54.9 Å². The molecule has 94 valence electrons. The first-order valence-electron chi connectivity index (χ1n) is 7.13. The van der Waals surface area contributed by atoms with Crippen molar-refractivity contribution in [3.05, 3.63) is 21.9 Å². The molecule has 0 radical (unpaired) electrons. The zero-order valence-electron chi connectivity index (χ0n) is 10.7. The van der Waals surface area contributed by atoms with Gasteiger partial charge in [-0.05, 0) is 62.1 Å². The van der Waals surface area contributed by atoms with E-state index in [0.29, 0.717) is 0 Å². The van der Waals surface area contributed by atoms with Gasteiger partial charge in [-0.25, -0.2) is 0 Å². The molecule has 0 bridgehead atoms. The highest BCUT2D eigenvalue weighted by molar-refractivity contribution is 7.10. The molecular formula is C15H23NS. The first kappa shape index (κ1) is 11.7. The van der Waals surface area contributed by atoms with Crippen molar-refractivity contribution in [1.82, 2.24) is 5.32 Å². The molecule has 1 aromatic rings. The molecule has 0 saturated heterocycles. The van der Waals surface area contributed by atoms with E-state index in [9.17, 15) is 0 Å². The van der Waals surface area contributed by atoms with Crippen molar-refractivity contribution < 1.29 is 0 Å². The fourth-order valence-corrected chi connectivity index (χ4v) is 4.97. The van der Waals surface area contributed by atoms with E-state index in [1.165, 1.54) is 44.9 Å². The minimum Gasteiger partial charge on any atom is -0.316 e. The molecule has 2 atom stereocenters. The van der Waals surface area contributed by atoms with Gasteiger partial charge in [0.1, 0.15) is 0 Å².